The fourth-order valence-electron chi connectivity index (χ4n) is 2.00. The Morgan fingerprint density at radius 1 is 1.42 bits per heavy atom. The van der Waals surface area contributed by atoms with Gasteiger partial charge in [-0.2, -0.15) is 0 Å². The van der Waals surface area contributed by atoms with Gasteiger partial charge >= 0.3 is 0 Å². The molecule has 0 amide bonds. The van der Waals surface area contributed by atoms with Crippen molar-refractivity contribution in [2.24, 2.45) is 11.1 Å². The molecule has 1 aliphatic rings. The van der Waals surface area contributed by atoms with Gasteiger partial charge < -0.3 is 5.73 Å². The molecule has 0 heterocycles. The minimum atomic E-state index is -0.250. The fraction of sp³-hybridized carbons (Fsp3) is 0.700. The molecular weight excluding hydrogens is 150 g/mol. The monoisotopic (exact) mass is 167 g/mol. The van der Waals surface area contributed by atoms with Gasteiger partial charge in [-0.3, -0.25) is 4.79 Å². The summed E-state index contributed by atoms with van der Waals surface area (Å²) in [4.78, 5) is 11.5. The Bertz CT molecular complexity index is 180. The molecular formula is C10H17NO. The standard InChI is InChI=1S/C10H17NO/c1-2-9(12)10(8-11)6-4-3-5-7-10/h2H,1,3-8,11H2. The minimum Gasteiger partial charge on any atom is -0.329 e. The van der Waals surface area contributed by atoms with E-state index in [-0.39, 0.29) is 11.2 Å². The summed E-state index contributed by atoms with van der Waals surface area (Å²) in [5.74, 6) is 0.143. The molecule has 1 fully saturated rings. The molecule has 0 saturated heterocycles. The number of carbonyl (C=O) groups is 1. The van der Waals surface area contributed by atoms with Crippen LogP contribution in [0.2, 0.25) is 0 Å². The van der Waals surface area contributed by atoms with Crippen LogP contribution in [-0.4, -0.2) is 12.3 Å². The lowest BCUT2D eigenvalue weighted by atomic mass is 9.71. The van der Waals surface area contributed by atoms with E-state index in [2.05, 4.69) is 6.58 Å². The second-order valence-corrected chi connectivity index (χ2v) is 3.61. The summed E-state index contributed by atoms with van der Waals surface area (Å²) in [7, 11) is 0. The van der Waals surface area contributed by atoms with Gasteiger partial charge in [0.2, 0.25) is 0 Å². The molecule has 0 aromatic carbocycles. The van der Waals surface area contributed by atoms with Crippen LogP contribution in [0.3, 0.4) is 0 Å². The third kappa shape index (κ3) is 1.58. The largest absolute Gasteiger partial charge is 0.329 e. The van der Waals surface area contributed by atoms with Crippen LogP contribution in [0.5, 0.6) is 0 Å². The zero-order valence-electron chi connectivity index (χ0n) is 7.51. The quantitative estimate of drug-likeness (QED) is 0.649. The number of carbonyl (C=O) groups excluding carboxylic acids is 1. The number of hydrogen-bond acceptors (Lipinski definition) is 2. The molecule has 0 aliphatic heterocycles. The van der Waals surface area contributed by atoms with Gasteiger partial charge in [0.05, 0.1) is 0 Å². The zero-order chi connectivity index (χ0) is 9.03. The Hall–Kier alpha value is -0.630. The molecule has 0 radical (unpaired) electrons. The highest BCUT2D eigenvalue weighted by Crippen LogP contribution is 2.36. The lowest BCUT2D eigenvalue weighted by Gasteiger charge is -2.33. The lowest BCUT2D eigenvalue weighted by molar-refractivity contribution is -0.125. The molecule has 0 atom stereocenters. The number of ketones is 1. The maximum atomic E-state index is 11.5. The van der Waals surface area contributed by atoms with Crippen LogP contribution in [0, 0.1) is 5.41 Å². The Kier molecular flexibility index (Phi) is 3.04. The first-order valence-electron chi connectivity index (χ1n) is 4.62. The van der Waals surface area contributed by atoms with Gasteiger partial charge in [0, 0.05) is 12.0 Å². The third-order valence-corrected chi connectivity index (χ3v) is 2.91. The van der Waals surface area contributed by atoms with Crippen molar-refractivity contribution in [2.45, 2.75) is 32.1 Å². The molecule has 0 spiro atoms. The molecule has 1 rings (SSSR count). The Balaban J connectivity index is 2.72. The first-order valence-corrected chi connectivity index (χ1v) is 4.62. The van der Waals surface area contributed by atoms with E-state index in [0.29, 0.717) is 6.54 Å². The molecule has 2 nitrogen and oxygen atoms in total. The molecule has 68 valence electrons. The van der Waals surface area contributed by atoms with E-state index in [1.807, 2.05) is 0 Å². The van der Waals surface area contributed by atoms with Crippen molar-refractivity contribution in [3.8, 4) is 0 Å². The Morgan fingerprint density at radius 2 is 2.00 bits per heavy atom. The highest BCUT2D eigenvalue weighted by atomic mass is 16.1. The van der Waals surface area contributed by atoms with Crippen LogP contribution in [0.25, 0.3) is 0 Å². The summed E-state index contributed by atoms with van der Waals surface area (Å²) in [5, 5.41) is 0. The molecule has 0 aromatic heterocycles. The van der Waals surface area contributed by atoms with Crippen molar-refractivity contribution in [3.05, 3.63) is 12.7 Å². The second kappa shape index (κ2) is 3.85. The van der Waals surface area contributed by atoms with Crippen molar-refractivity contribution in [1.82, 2.24) is 0 Å². The van der Waals surface area contributed by atoms with Gasteiger partial charge in [0.25, 0.3) is 0 Å². The summed E-state index contributed by atoms with van der Waals surface area (Å²) in [6, 6.07) is 0. The smallest absolute Gasteiger partial charge is 0.162 e. The van der Waals surface area contributed by atoms with Gasteiger partial charge in [-0.1, -0.05) is 25.8 Å². The molecule has 0 unspecified atom stereocenters. The zero-order valence-corrected chi connectivity index (χ0v) is 7.51. The highest BCUT2D eigenvalue weighted by Gasteiger charge is 2.35. The van der Waals surface area contributed by atoms with Crippen molar-refractivity contribution in [3.63, 3.8) is 0 Å². The van der Waals surface area contributed by atoms with Gasteiger partial charge in [0.15, 0.2) is 5.78 Å². The molecule has 2 N–H and O–H groups in total. The van der Waals surface area contributed by atoms with E-state index in [0.717, 1.165) is 25.7 Å². The first-order chi connectivity index (χ1) is 5.75. The van der Waals surface area contributed by atoms with Crippen LogP contribution in [0.15, 0.2) is 12.7 Å². The second-order valence-electron chi connectivity index (χ2n) is 3.61. The van der Waals surface area contributed by atoms with E-state index in [1.54, 1.807) is 0 Å². The van der Waals surface area contributed by atoms with Crippen LogP contribution in [0.1, 0.15) is 32.1 Å². The maximum absolute atomic E-state index is 11.5. The average molecular weight is 167 g/mol. The summed E-state index contributed by atoms with van der Waals surface area (Å²) in [6.45, 7) is 4.01. The summed E-state index contributed by atoms with van der Waals surface area (Å²) < 4.78 is 0. The SMILES string of the molecule is C=CC(=O)C1(CN)CCCCC1. The predicted molar refractivity (Wildman–Crippen MR) is 49.8 cm³/mol. The Labute approximate surface area is 73.8 Å². The van der Waals surface area contributed by atoms with E-state index in [9.17, 15) is 4.79 Å². The summed E-state index contributed by atoms with van der Waals surface area (Å²) in [6.07, 6.45) is 6.85. The van der Waals surface area contributed by atoms with E-state index >= 15 is 0 Å². The number of hydrogen-bond donors (Lipinski definition) is 1. The van der Waals surface area contributed by atoms with Gasteiger partial charge in [-0.05, 0) is 18.9 Å². The van der Waals surface area contributed by atoms with Crippen molar-refractivity contribution < 1.29 is 4.79 Å². The maximum Gasteiger partial charge on any atom is 0.162 e. The lowest BCUT2D eigenvalue weighted by Crippen LogP contribution is -2.39. The van der Waals surface area contributed by atoms with Gasteiger partial charge in [-0.25, -0.2) is 0 Å². The van der Waals surface area contributed by atoms with E-state index in [4.69, 9.17) is 5.73 Å². The minimum absolute atomic E-state index is 0.143. The van der Waals surface area contributed by atoms with Crippen molar-refractivity contribution >= 4 is 5.78 Å². The topological polar surface area (TPSA) is 43.1 Å². The number of rotatable bonds is 3. The van der Waals surface area contributed by atoms with Crippen LogP contribution < -0.4 is 5.73 Å². The van der Waals surface area contributed by atoms with Gasteiger partial charge in [-0.15, -0.1) is 0 Å². The number of nitrogens with two attached hydrogens (primary N) is 1. The Morgan fingerprint density at radius 3 is 2.42 bits per heavy atom. The van der Waals surface area contributed by atoms with Crippen molar-refractivity contribution in [2.75, 3.05) is 6.54 Å². The molecule has 1 saturated carbocycles. The fourth-order valence-corrected chi connectivity index (χ4v) is 2.00. The van der Waals surface area contributed by atoms with E-state index < -0.39 is 0 Å². The van der Waals surface area contributed by atoms with Crippen molar-refractivity contribution in [1.29, 1.82) is 0 Å². The molecule has 12 heavy (non-hydrogen) atoms. The third-order valence-electron chi connectivity index (χ3n) is 2.91. The van der Waals surface area contributed by atoms with Crippen LogP contribution >= 0.6 is 0 Å². The van der Waals surface area contributed by atoms with Crippen LogP contribution in [-0.2, 0) is 4.79 Å². The van der Waals surface area contributed by atoms with E-state index in [1.165, 1.54) is 12.5 Å². The summed E-state index contributed by atoms with van der Waals surface area (Å²) in [5.41, 5.74) is 5.40. The molecule has 2 heteroatoms. The molecule has 1 aliphatic carbocycles. The molecule has 0 bridgehead atoms. The van der Waals surface area contributed by atoms with Crippen LogP contribution in [0.4, 0.5) is 0 Å². The van der Waals surface area contributed by atoms with Gasteiger partial charge in [0.1, 0.15) is 0 Å². The predicted octanol–water partition coefficient (Wildman–Crippen LogP) is 1.65. The molecule has 0 aromatic rings. The normalized spacial score (nSPS) is 21.8. The highest BCUT2D eigenvalue weighted by molar-refractivity contribution is 5.94. The first kappa shape index (κ1) is 9.46. The number of allylic oxidation sites excluding steroid dienone is 1. The summed E-state index contributed by atoms with van der Waals surface area (Å²) >= 11 is 0. The average Bonchev–Trinajstić information content (AvgIpc) is 2.17.